The van der Waals surface area contributed by atoms with Crippen LogP contribution < -0.4 is 10.9 Å². The van der Waals surface area contributed by atoms with Gasteiger partial charge in [0, 0.05) is 37.2 Å². The Morgan fingerprint density at radius 1 is 1.25 bits per heavy atom. The van der Waals surface area contributed by atoms with E-state index in [4.69, 9.17) is 0 Å². The van der Waals surface area contributed by atoms with Crippen LogP contribution in [0.25, 0.3) is 0 Å². The quantitative estimate of drug-likeness (QED) is 0.845. The number of benzene rings is 1. The summed E-state index contributed by atoms with van der Waals surface area (Å²) >= 11 is 0. The fourth-order valence-electron chi connectivity index (χ4n) is 4.88. The largest absolute Gasteiger partial charge is 0.333 e. The number of hydrogen-bond donors (Lipinski definition) is 2. The second-order valence-electron chi connectivity index (χ2n) is 8.11. The molecule has 2 bridgehead atoms. The highest BCUT2D eigenvalue weighted by atomic mass is 19.1. The maximum Gasteiger partial charge on any atom is 0.267 e. The van der Waals surface area contributed by atoms with Gasteiger partial charge in [0.15, 0.2) is 0 Å². The Balaban J connectivity index is 1.44. The lowest BCUT2D eigenvalue weighted by molar-refractivity contribution is 0.0711. The van der Waals surface area contributed by atoms with Crippen LogP contribution in [0.1, 0.15) is 52.0 Å². The number of nitrogens with one attached hydrogen (secondary N) is 2. The summed E-state index contributed by atoms with van der Waals surface area (Å²) in [6, 6.07) is 5.21. The lowest BCUT2D eigenvalue weighted by atomic mass is 9.90. The van der Waals surface area contributed by atoms with Crippen LogP contribution >= 0.6 is 0 Å². The number of carbonyl (C=O) groups is 1. The molecule has 0 spiro atoms. The summed E-state index contributed by atoms with van der Waals surface area (Å²) in [5, 5.41) is 10.2. The van der Waals surface area contributed by atoms with Gasteiger partial charge in [0.05, 0.1) is 11.3 Å². The van der Waals surface area contributed by atoms with Crippen LogP contribution in [-0.4, -0.2) is 46.2 Å². The van der Waals surface area contributed by atoms with Crippen molar-refractivity contribution in [3.63, 3.8) is 0 Å². The topological polar surface area (TPSA) is 78.1 Å². The van der Waals surface area contributed by atoms with Gasteiger partial charge < -0.3 is 10.2 Å². The maximum atomic E-state index is 14.5. The van der Waals surface area contributed by atoms with Crippen molar-refractivity contribution in [3.05, 3.63) is 62.3 Å². The molecule has 2 aliphatic heterocycles. The zero-order chi connectivity index (χ0) is 19.3. The SMILES string of the molecule is O=C(c1cc(Cc2n[nH]c(=O)c3c2CCCC3)ccc1F)N1C[C@@H]2C[C@H]1CN2. The third-order valence-corrected chi connectivity index (χ3v) is 6.33. The molecule has 28 heavy (non-hydrogen) atoms. The predicted octanol–water partition coefficient (Wildman–Crippen LogP) is 1.56. The van der Waals surface area contributed by atoms with E-state index in [0.717, 1.165) is 61.0 Å². The molecule has 0 saturated carbocycles. The Morgan fingerprint density at radius 3 is 2.82 bits per heavy atom. The van der Waals surface area contributed by atoms with Crippen LogP contribution in [0.5, 0.6) is 0 Å². The lowest BCUT2D eigenvalue weighted by Crippen LogP contribution is -2.46. The fourth-order valence-corrected chi connectivity index (χ4v) is 4.88. The van der Waals surface area contributed by atoms with E-state index >= 15 is 0 Å². The third-order valence-electron chi connectivity index (χ3n) is 6.33. The van der Waals surface area contributed by atoms with E-state index in [-0.39, 0.29) is 23.1 Å². The number of carbonyl (C=O) groups excluding carboxylic acids is 1. The number of H-pyrrole nitrogens is 1. The van der Waals surface area contributed by atoms with Crippen LogP contribution in [0, 0.1) is 5.82 Å². The van der Waals surface area contributed by atoms with Gasteiger partial charge in [-0.25, -0.2) is 9.49 Å². The normalized spacial score (nSPS) is 23.1. The van der Waals surface area contributed by atoms with Gasteiger partial charge >= 0.3 is 0 Å². The minimum Gasteiger partial charge on any atom is -0.333 e. The molecular weight excluding hydrogens is 359 g/mol. The van der Waals surface area contributed by atoms with E-state index in [9.17, 15) is 14.0 Å². The molecular formula is C21H23FN4O2. The van der Waals surface area contributed by atoms with E-state index in [2.05, 4.69) is 15.5 Å². The van der Waals surface area contributed by atoms with E-state index in [1.807, 2.05) is 0 Å². The molecule has 2 saturated heterocycles. The van der Waals surface area contributed by atoms with E-state index in [1.165, 1.54) is 6.07 Å². The highest BCUT2D eigenvalue weighted by molar-refractivity contribution is 5.95. The van der Waals surface area contributed by atoms with Gasteiger partial charge in [-0.05, 0) is 55.4 Å². The number of nitrogens with zero attached hydrogens (tertiary/aromatic N) is 2. The van der Waals surface area contributed by atoms with E-state index in [0.29, 0.717) is 19.0 Å². The van der Waals surface area contributed by atoms with Crippen molar-refractivity contribution in [3.8, 4) is 0 Å². The van der Waals surface area contributed by atoms with Crippen molar-refractivity contribution >= 4 is 5.91 Å². The summed E-state index contributed by atoms with van der Waals surface area (Å²) < 4.78 is 14.5. The Hall–Kier alpha value is -2.54. The number of rotatable bonds is 3. The van der Waals surface area contributed by atoms with Crippen LogP contribution in [0.3, 0.4) is 0 Å². The van der Waals surface area contributed by atoms with Gasteiger partial charge in [0.25, 0.3) is 11.5 Å². The zero-order valence-corrected chi connectivity index (χ0v) is 15.6. The second-order valence-corrected chi connectivity index (χ2v) is 8.11. The molecule has 1 aromatic carbocycles. The van der Waals surface area contributed by atoms with Crippen molar-refractivity contribution in [2.24, 2.45) is 0 Å². The molecule has 0 radical (unpaired) electrons. The molecule has 6 nitrogen and oxygen atoms in total. The van der Waals surface area contributed by atoms with Gasteiger partial charge in [-0.3, -0.25) is 9.59 Å². The fraction of sp³-hybridized carbons (Fsp3) is 0.476. The van der Waals surface area contributed by atoms with Gasteiger partial charge in [-0.2, -0.15) is 5.10 Å². The van der Waals surface area contributed by atoms with Crippen molar-refractivity contribution in [2.75, 3.05) is 13.1 Å². The Morgan fingerprint density at radius 2 is 2.07 bits per heavy atom. The van der Waals surface area contributed by atoms with Crippen LogP contribution in [0.15, 0.2) is 23.0 Å². The summed E-state index contributed by atoms with van der Waals surface area (Å²) in [7, 11) is 0. The lowest BCUT2D eigenvalue weighted by Gasteiger charge is -2.27. The number of fused-ring (bicyclic) bond motifs is 3. The standard InChI is InChI=1S/C21H23FN4O2/c22-18-6-5-12(7-17(18)21(28)26-11-13-9-14(26)10-23-13)8-19-15-3-1-2-4-16(15)20(27)25-24-19/h5-7,13-14,23H,1-4,8-11H2,(H,25,27)/t13-,14-/m0/s1. The first kappa shape index (κ1) is 17.6. The Labute approximate surface area is 162 Å². The molecule has 0 unspecified atom stereocenters. The Kier molecular flexibility index (Phi) is 4.27. The molecule has 2 fully saturated rings. The highest BCUT2D eigenvalue weighted by Crippen LogP contribution is 2.27. The summed E-state index contributed by atoms with van der Waals surface area (Å²) in [4.78, 5) is 26.8. The summed E-state index contributed by atoms with van der Waals surface area (Å²) in [6.07, 6.45) is 5.11. The van der Waals surface area contributed by atoms with Crippen LogP contribution in [0.2, 0.25) is 0 Å². The molecule has 146 valence electrons. The zero-order valence-electron chi connectivity index (χ0n) is 15.6. The summed E-state index contributed by atoms with van der Waals surface area (Å²) in [6.45, 7) is 1.42. The molecule has 2 aromatic rings. The molecule has 5 rings (SSSR count). The molecule has 3 aliphatic rings. The average molecular weight is 382 g/mol. The van der Waals surface area contributed by atoms with Crippen LogP contribution in [0.4, 0.5) is 4.39 Å². The predicted molar refractivity (Wildman–Crippen MR) is 102 cm³/mol. The van der Waals surface area contributed by atoms with Gasteiger partial charge in [0.2, 0.25) is 0 Å². The van der Waals surface area contributed by atoms with Gasteiger partial charge in [0.1, 0.15) is 5.82 Å². The molecule has 2 atom stereocenters. The molecule has 2 N–H and O–H groups in total. The van der Waals surface area contributed by atoms with Gasteiger partial charge in [-0.15, -0.1) is 0 Å². The highest BCUT2D eigenvalue weighted by Gasteiger charge is 2.40. The molecule has 7 heteroatoms. The number of piperazine rings is 1. The monoisotopic (exact) mass is 382 g/mol. The number of aromatic amines is 1. The van der Waals surface area contributed by atoms with E-state index in [1.54, 1.807) is 17.0 Å². The maximum absolute atomic E-state index is 14.5. The minimum atomic E-state index is -0.485. The third kappa shape index (κ3) is 2.94. The second kappa shape index (κ2) is 6.81. The number of likely N-dealkylation sites (tertiary alicyclic amines) is 1. The minimum absolute atomic E-state index is 0.105. The molecule has 1 aliphatic carbocycles. The van der Waals surface area contributed by atoms with Crippen molar-refractivity contribution in [1.82, 2.24) is 20.4 Å². The molecule has 1 aromatic heterocycles. The number of aromatic nitrogens is 2. The summed E-state index contributed by atoms with van der Waals surface area (Å²) in [5.74, 6) is -0.717. The molecule has 1 amide bonds. The Bertz CT molecular complexity index is 1000. The smallest absolute Gasteiger partial charge is 0.267 e. The van der Waals surface area contributed by atoms with Crippen LogP contribution in [-0.2, 0) is 19.3 Å². The number of halogens is 1. The average Bonchev–Trinajstić information content (AvgIpc) is 3.35. The van der Waals surface area contributed by atoms with Crippen molar-refractivity contribution < 1.29 is 9.18 Å². The number of hydrogen-bond acceptors (Lipinski definition) is 4. The van der Waals surface area contributed by atoms with Crippen molar-refractivity contribution in [2.45, 2.75) is 50.6 Å². The first-order chi connectivity index (χ1) is 13.6. The van der Waals surface area contributed by atoms with Crippen molar-refractivity contribution in [1.29, 1.82) is 0 Å². The first-order valence-corrected chi connectivity index (χ1v) is 10.0. The number of amides is 1. The van der Waals surface area contributed by atoms with E-state index < -0.39 is 5.82 Å². The molecule has 3 heterocycles. The summed E-state index contributed by atoms with van der Waals surface area (Å²) in [5.41, 5.74) is 3.53. The first-order valence-electron chi connectivity index (χ1n) is 10.0. The van der Waals surface area contributed by atoms with Gasteiger partial charge in [-0.1, -0.05) is 6.07 Å².